The predicted octanol–water partition coefficient (Wildman–Crippen LogP) is 5.03. The molecule has 0 aliphatic rings. The summed E-state index contributed by atoms with van der Waals surface area (Å²) in [6.45, 7) is 1.83. The molecule has 3 aromatic rings. The first kappa shape index (κ1) is 20.7. The van der Waals surface area contributed by atoms with Crippen molar-refractivity contribution < 1.29 is 5.11 Å². The first-order chi connectivity index (χ1) is 13.9. The third-order valence-corrected chi connectivity index (χ3v) is 5.09. The van der Waals surface area contributed by atoms with E-state index in [1.165, 1.54) is 10.8 Å². The number of halogens is 2. The molecule has 0 aliphatic carbocycles. The quantitative estimate of drug-likeness (QED) is 0.581. The van der Waals surface area contributed by atoms with E-state index >= 15 is 0 Å². The van der Waals surface area contributed by atoms with Crippen LogP contribution in [0.15, 0.2) is 58.3 Å². The Morgan fingerprint density at radius 2 is 1.93 bits per heavy atom. The minimum atomic E-state index is -0.528. The van der Waals surface area contributed by atoms with Gasteiger partial charge < -0.3 is 5.11 Å². The van der Waals surface area contributed by atoms with Crippen LogP contribution in [0, 0.1) is 18.3 Å². The number of rotatable bonds is 5. The second kappa shape index (κ2) is 8.95. The van der Waals surface area contributed by atoms with Crippen molar-refractivity contribution in [1.82, 2.24) is 4.57 Å². The van der Waals surface area contributed by atoms with Gasteiger partial charge in [0.1, 0.15) is 11.6 Å². The number of hydrogen-bond donors (Lipinski definition) is 1. The normalized spacial score (nSPS) is 11.0. The maximum absolute atomic E-state index is 12.7. The molecule has 1 heterocycles. The van der Waals surface area contributed by atoms with E-state index in [2.05, 4.69) is 4.99 Å². The third kappa shape index (κ3) is 4.51. The summed E-state index contributed by atoms with van der Waals surface area (Å²) in [4.78, 5) is 17.0. The fraction of sp³-hybridized carbons (Fsp3) is 0.136. The minimum Gasteiger partial charge on any atom is -0.494 e. The Kier molecular flexibility index (Phi) is 6.38. The maximum Gasteiger partial charge on any atom is 0.271 e. The number of nitrogens with zero attached hydrogens (tertiary/aromatic N) is 3. The average Bonchev–Trinajstić information content (AvgIpc) is 2.70. The van der Waals surface area contributed by atoms with Gasteiger partial charge in [0, 0.05) is 17.8 Å². The van der Waals surface area contributed by atoms with Gasteiger partial charge in [0.2, 0.25) is 5.88 Å². The molecule has 146 valence electrons. The summed E-state index contributed by atoms with van der Waals surface area (Å²) in [5.74, 6) is -0.240. The van der Waals surface area contributed by atoms with Crippen LogP contribution in [0.2, 0.25) is 10.0 Å². The minimum absolute atomic E-state index is 0.0282. The van der Waals surface area contributed by atoms with Crippen molar-refractivity contribution in [2.45, 2.75) is 19.9 Å². The molecule has 0 bridgehead atoms. The number of hydrogen-bond acceptors (Lipinski definition) is 4. The lowest BCUT2D eigenvalue weighted by Gasteiger charge is -2.14. The largest absolute Gasteiger partial charge is 0.494 e. The lowest BCUT2D eigenvalue weighted by Crippen LogP contribution is -2.26. The van der Waals surface area contributed by atoms with Crippen LogP contribution in [0.25, 0.3) is 0 Å². The molecule has 0 spiro atoms. The van der Waals surface area contributed by atoms with Crippen molar-refractivity contribution in [2.75, 3.05) is 0 Å². The van der Waals surface area contributed by atoms with Crippen LogP contribution in [0.5, 0.6) is 5.88 Å². The summed E-state index contributed by atoms with van der Waals surface area (Å²) in [5.41, 5.74) is 1.57. The van der Waals surface area contributed by atoms with Crippen molar-refractivity contribution in [3.63, 3.8) is 0 Å². The maximum atomic E-state index is 12.7. The monoisotopic (exact) mass is 425 g/mol. The van der Waals surface area contributed by atoms with Gasteiger partial charge >= 0.3 is 0 Å². The second-order valence-electron chi connectivity index (χ2n) is 6.40. The molecule has 0 radical (unpaired) electrons. The van der Waals surface area contributed by atoms with E-state index in [0.29, 0.717) is 33.3 Å². The first-order valence-electron chi connectivity index (χ1n) is 8.82. The highest BCUT2D eigenvalue weighted by Gasteiger charge is 2.18. The zero-order chi connectivity index (χ0) is 21.0. The molecule has 5 nitrogen and oxygen atoms in total. The molecule has 7 heteroatoms. The summed E-state index contributed by atoms with van der Waals surface area (Å²) in [6.07, 6.45) is 1.93. The van der Waals surface area contributed by atoms with E-state index in [-0.39, 0.29) is 18.0 Å². The molecule has 1 aromatic heterocycles. The number of nitriles is 1. The van der Waals surface area contributed by atoms with E-state index in [0.717, 1.165) is 5.56 Å². The summed E-state index contributed by atoms with van der Waals surface area (Å²) >= 11 is 12.0. The van der Waals surface area contributed by atoms with E-state index in [4.69, 9.17) is 23.2 Å². The van der Waals surface area contributed by atoms with Crippen molar-refractivity contribution >= 4 is 35.1 Å². The molecule has 0 aliphatic heterocycles. The number of pyridine rings is 1. The van der Waals surface area contributed by atoms with Crippen molar-refractivity contribution in [3.8, 4) is 11.9 Å². The van der Waals surface area contributed by atoms with Crippen LogP contribution in [-0.2, 0) is 13.0 Å². The standard InChI is InChI=1S/C22H17Cl2N3O2/c1-14-17(12-25)21(28)27(10-9-15-5-3-2-4-6-15)22(29)18(14)13-26-20-8-7-16(23)11-19(20)24/h2-8,11,13,29H,9-10H2,1H3. The van der Waals surface area contributed by atoms with Crippen LogP contribution in [0.4, 0.5) is 5.69 Å². The van der Waals surface area contributed by atoms with Gasteiger partial charge in [0.05, 0.1) is 16.3 Å². The number of aryl methyl sites for hydroxylation is 1. The Balaban J connectivity index is 2.03. The van der Waals surface area contributed by atoms with Crippen molar-refractivity contribution in [1.29, 1.82) is 5.26 Å². The van der Waals surface area contributed by atoms with E-state index < -0.39 is 5.56 Å². The zero-order valence-corrected chi connectivity index (χ0v) is 17.1. The van der Waals surface area contributed by atoms with Crippen LogP contribution >= 0.6 is 23.2 Å². The summed E-state index contributed by atoms with van der Waals surface area (Å²) in [6, 6.07) is 16.4. The van der Waals surface area contributed by atoms with Gasteiger partial charge in [0.15, 0.2) is 0 Å². The molecule has 0 amide bonds. The van der Waals surface area contributed by atoms with Gasteiger partial charge in [0.25, 0.3) is 5.56 Å². The lowest BCUT2D eigenvalue weighted by atomic mass is 10.1. The van der Waals surface area contributed by atoms with Crippen LogP contribution < -0.4 is 5.56 Å². The molecular formula is C22H17Cl2N3O2. The Hall–Kier alpha value is -3.07. The Bertz CT molecular complexity index is 1180. The van der Waals surface area contributed by atoms with Crippen LogP contribution in [-0.4, -0.2) is 15.9 Å². The second-order valence-corrected chi connectivity index (χ2v) is 7.24. The highest BCUT2D eigenvalue weighted by atomic mass is 35.5. The van der Waals surface area contributed by atoms with Crippen molar-refractivity contribution in [3.05, 3.63) is 91.2 Å². The van der Waals surface area contributed by atoms with E-state index in [1.807, 2.05) is 36.4 Å². The van der Waals surface area contributed by atoms with E-state index in [9.17, 15) is 15.2 Å². The molecule has 2 aromatic carbocycles. The predicted molar refractivity (Wildman–Crippen MR) is 116 cm³/mol. The smallest absolute Gasteiger partial charge is 0.271 e. The van der Waals surface area contributed by atoms with Crippen LogP contribution in [0.1, 0.15) is 22.3 Å². The van der Waals surface area contributed by atoms with Gasteiger partial charge in [-0.3, -0.25) is 14.4 Å². The van der Waals surface area contributed by atoms with Gasteiger partial charge in [-0.25, -0.2) is 0 Å². The lowest BCUT2D eigenvalue weighted by molar-refractivity contribution is 0.404. The SMILES string of the molecule is Cc1c(C=Nc2ccc(Cl)cc2Cl)c(O)n(CCc2ccccc2)c(=O)c1C#N. The zero-order valence-electron chi connectivity index (χ0n) is 15.6. The molecule has 0 saturated heterocycles. The van der Waals surface area contributed by atoms with Gasteiger partial charge in [-0.05, 0) is 42.7 Å². The van der Waals surface area contributed by atoms with Gasteiger partial charge in [-0.2, -0.15) is 5.26 Å². The molecule has 0 fully saturated rings. The number of benzene rings is 2. The molecule has 1 N–H and O–H groups in total. The van der Waals surface area contributed by atoms with Gasteiger partial charge in [-0.1, -0.05) is 53.5 Å². The summed E-state index contributed by atoms with van der Waals surface area (Å²) in [5, 5.41) is 21.0. The summed E-state index contributed by atoms with van der Waals surface area (Å²) < 4.78 is 1.20. The third-order valence-electron chi connectivity index (χ3n) is 4.56. The molecule has 3 rings (SSSR count). The van der Waals surface area contributed by atoms with E-state index in [1.54, 1.807) is 25.1 Å². The first-order valence-corrected chi connectivity index (χ1v) is 9.57. The molecular weight excluding hydrogens is 409 g/mol. The fourth-order valence-electron chi connectivity index (χ4n) is 2.94. The Labute approximate surface area is 178 Å². The fourth-order valence-corrected chi connectivity index (χ4v) is 3.40. The molecule has 0 atom stereocenters. The van der Waals surface area contributed by atoms with Crippen LogP contribution in [0.3, 0.4) is 0 Å². The highest BCUT2D eigenvalue weighted by molar-refractivity contribution is 6.36. The Morgan fingerprint density at radius 1 is 1.21 bits per heavy atom. The molecule has 29 heavy (non-hydrogen) atoms. The summed E-state index contributed by atoms with van der Waals surface area (Å²) in [7, 11) is 0. The van der Waals surface area contributed by atoms with Gasteiger partial charge in [-0.15, -0.1) is 0 Å². The topological polar surface area (TPSA) is 78.4 Å². The Morgan fingerprint density at radius 3 is 2.59 bits per heavy atom. The molecule has 0 unspecified atom stereocenters. The number of aromatic nitrogens is 1. The van der Waals surface area contributed by atoms with Crippen molar-refractivity contribution in [2.24, 2.45) is 4.99 Å². The molecule has 0 saturated carbocycles. The highest BCUT2D eigenvalue weighted by Crippen LogP contribution is 2.28. The number of aromatic hydroxyl groups is 1. The number of aliphatic imine (C=N–C) groups is 1. The average molecular weight is 426 g/mol.